The molecule has 0 aliphatic carbocycles. The van der Waals surface area contributed by atoms with E-state index in [1.807, 2.05) is 0 Å². The van der Waals surface area contributed by atoms with Crippen molar-refractivity contribution in [3.8, 4) is 5.82 Å². The third kappa shape index (κ3) is 3.50. The number of aromatic nitrogens is 4. The lowest BCUT2D eigenvalue weighted by molar-refractivity contribution is -0.137. The van der Waals surface area contributed by atoms with Crippen LogP contribution in [0.4, 0.5) is 0 Å². The number of Topliss-reactive ketones (excluding diaryl/α,β-unsaturated/α-hetero) is 1. The number of ketones is 1. The van der Waals surface area contributed by atoms with Crippen molar-refractivity contribution in [2.75, 3.05) is 0 Å². The number of rotatable bonds is 7. The van der Waals surface area contributed by atoms with Gasteiger partial charge in [-0.3, -0.25) is 19.0 Å². The first-order valence-corrected chi connectivity index (χ1v) is 8.66. The molecule has 0 bridgehead atoms. The molecule has 29 heavy (non-hydrogen) atoms. The number of primary amides is 1. The first-order chi connectivity index (χ1) is 14.0. The third-order valence-electron chi connectivity index (χ3n) is 4.41. The number of hydrogen-bond donors (Lipinski definition) is 3. The Kier molecular flexibility index (Phi) is 4.65. The molecular formula is C19H16N6O4. The molecule has 0 fully saturated rings. The molecule has 4 heterocycles. The number of fused-ring (bicyclic) bond motifs is 1. The highest BCUT2D eigenvalue weighted by atomic mass is 16.3. The van der Waals surface area contributed by atoms with Crippen LogP contribution in [0.3, 0.4) is 0 Å². The molecule has 0 aliphatic rings. The number of carbonyl (C=O) groups is 3. The molecule has 0 radical (unpaired) electrons. The second-order valence-electron chi connectivity index (χ2n) is 6.27. The second-order valence-corrected chi connectivity index (χ2v) is 6.27. The Hall–Kier alpha value is -4.21. The summed E-state index contributed by atoms with van der Waals surface area (Å²) in [4.78, 5) is 47.8. The van der Waals surface area contributed by atoms with Gasteiger partial charge in [0.2, 0.25) is 5.78 Å². The number of hydrogen-bond acceptors (Lipinski definition) is 6. The molecule has 4 rings (SSSR count). The van der Waals surface area contributed by atoms with Crippen LogP contribution < -0.4 is 11.1 Å². The summed E-state index contributed by atoms with van der Waals surface area (Å²) in [6.07, 6.45) is 7.53. The number of furan rings is 1. The van der Waals surface area contributed by atoms with Gasteiger partial charge in [0.15, 0.2) is 5.58 Å². The predicted octanol–water partition coefficient (Wildman–Crippen LogP) is 0.737. The van der Waals surface area contributed by atoms with Crippen LogP contribution in [0.2, 0.25) is 0 Å². The van der Waals surface area contributed by atoms with Crippen LogP contribution >= 0.6 is 0 Å². The summed E-state index contributed by atoms with van der Waals surface area (Å²) >= 11 is 0. The highest BCUT2D eigenvalue weighted by Gasteiger charge is 2.28. The van der Waals surface area contributed by atoms with Crippen LogP contribution in [-0.2, 0) is 16.0 Å². The lowest BCUT2D eigenvalue weighted by Gasteiger charge is -2.16. The fourth-order valence-electron chi connectivity index (χ4n) is 3.03. The Labute approximate surface area is 163 Å². The largest absolute Gasteiger partial charge is 0.462 e. The standard InChI is InChI=1S/C19H16N6O4/c20-18(27)16(26)13(7-11-8-23-12-4-6-29-17(11)12)24-19(28)14-9-21-10-25(14)15-3-1-2-5-22-15/h1-6,8-10,13,23H,7H2,(H2,20,27)(H,24,28). The smallest absolute Gasteiger partial charge is 0.287 e. The summed E-state index contributed by atoms with van der Waals surface area (Å²) in [6, 6.07) is 5.78. The Morgan fingerprint density at radius 2 is 2.14 bits per heavy atom. The van der Waals surface area contributed by atoms with Crippen LogP contribution in [0.5, 0.6) is 0 Å². The van der Waals surface area contributed by atoms with E-state index < -0.39 is 23.6 Å². The highest BCUT2D eigenvalue weighted by Crippen LogP contribution is 2.20. The molecule has 4 N–H and O–H groups in total. The molecular weight excluding hydrogens is 376 g/mol. The Balaban J connectivity index is 1.61. The Bertz CT molecular complexity index is 1190. The molecule has 0 saturated carbocycles. The first kappa shape index (κ1) is 18.2. The topological polar surface area (TPSA) is 149 Å². The van der Waals surface area contributed by atoms with E-state index in [4.69, 9.17) is 10.2 Å². The van der Waals surface area contributed by atoms with Crippen molar-refractivity contribution in [1.29, 1.82) is 0 Å². The van der Waals surface area contributed by atoms with Crippen molar-refractivity contribution < 1.29 is 18.8 Å². The van der Waals surface area contributed by atoms with Crippen LogP contribution in [0, 0.1) is 0 Å². The minimum absolute atomic E-state index is 0.0265. The Morgan fingerprint density at radius 1 is 1.28 bits per heavy atom. The van der Waals surface area contributed by atoms with Gasteiger partial charge in [-0.25, -0.2) is 9.97 Å². The monoisotopic (exact) mass is 392 g/mol. The molecule has 1 atom stereocenters. The molecule has 0 aromatic carbocycles. The van der Waals surface area contributed by atoms with Crippen molar-refractivity contribution >= 4 is 28.7 Å². The molecule has 4 aromatic rings. The molecule has 1 unspecified atom stereocenters. The highest BCUT2D eigenvalue weighted by molar-refractivity contribution is 6.38. The number of H-pyrrole nitrogens is 1. The average Bonchev–Trinajstić information content (AvgIpc) is 3.45. The normalized spacial score (nSPS) is 12.0. The van der Waals surface area contributed by atoms with Crippen molar-refractivity contribution in [2.24, 2.45) is 5.73 Å². The van der Waals surface area contributed by atoms with Crippen molar-refractivity contribution in [3.63, 3.8) is 0 Å². The number of pyridine rings is 1. The lowest BCUT2D eigenvalue weighted by atomic mass is 10.0. The number of carbonyl (C=O) groups excluding carboxylic acids is 3. The summed E-state index contributed by atoms with van der Waals surface area (Å²) in [5.74, 6) is -2.17. The van der Waals surface area contributed by atoms with Gasteiger partial charge < -0.3 is 20.5 Å². The number of imidazole rings is 1. The number of nitrogens with one attached hydrogen (secondary N) is 2. The Morgan fingerprint density at radius 3 is 2.90 bits per heavy atom. The summed E-state index contributed by atoms with van der Waals surface area (Å²) in [7, 11) is 0. The van der Waals surface area contributed by atoms with Crippen LogP contribution in [-0.4, -0.2) is 43.2 Å². The minimum atomic E-state index is -1.17. The van der Waals surface area contributed by atoms with Gasteiger partial charge >= 0.3 is 0 Å². The summed E-state index contributed by atoms with van der Waals surface area (Å²) < 4.78 is 6.86. The molecule has 0 aliphatic heterocycles. The fourth-order valence-corrected chi connectivity index (χ4v) is 3.03. The molecule has 10 nitrogen and oxygen atoms in total. The van der Waals surface area contributed by atoms with Gasteiger partial charge in [0.1, 0.15) is 23.9 Å². The number of aromatic amines is 1. The predicted molar refractivity (Wildman–Crippen MR) is 101 cm³/mol. The second kappa shape index (κ2) is 7.43. The van der Waals surface area contributed by atoms with E-state index in [2.05, 4.69) is 20.3 Å². The van der Waals surface area contributed by atoms with E-state index in [1.54, 1.807) is 36.7 Å². The zero-order valence-corrected chi connectivity index (χ0v) is 15.0. The van der Waals surface area contributed by atoms with E-state index in [0.717, 1.165) is 5.52 Å². The molecule has 0 saturated heterocycles. The number of nitrogens with two attached hydrogens (primary N) is 1. The van der Waals surface area contributed by atoms with E-state index in [0.29, 0.717) is 17.0 Å². The van der Waals surface area contributed by atoms with Gasteiger partial charge in [0, 0.05) is 30.4 Å². The molecule has 0 spiro atoms. The molecule has 2 amide bonds. The molecule has 4 aromatic heterocycles. The summed E-state index contributed by atoms with van der Waals surface area (Å²) in [6.45, 7) is 0. The zero-order valence-electron chi connectivity index (χ0n) is 15.0. The van der Waals surface area contributed by atoms with Crippen LogP contribution in [0.15, 0.2) is 59.9 Å². The van der Waals surface area contributed by atoms with Gasteiger partial charge in [0.25, 0.3) is 11.8 Å². The van der Waals surface area contributed by atoms with Gasteiger partial charge in [0.05, 0.1) is 18.0 Å². The van der Waals surface area contributed by atoms with Crippen LogP contribution in [0.25, 0.3) is 16.9 Å². The average molecular weight is 392 g/mol. The number of nitrogens with zero attached hydrogens (tertiary/aromatic N) is 3. The first-order valence-electron chi connectivity index (χ1n) is 8.66. The van der Waals surface area contributed by atoms with Gasteiger partial charge in [-0.05, 0) is 12.1 Å². The lowest BCUT2D eigenvalue weighted by Crippen LogP contribution is -2.47. The van der Waals surface area contributed by atoms with Gasteiger partial charge in [-0.15, -0.1) is 0 Å². The van der Waals surface area contributed by atoms with E-state index in [9.17, 15) is 14.4 Å². The van der Waals surface area contributed by atoms with Crippen LogP contribution in [0.1, 0.15) is 16.1 Å². The van der Waals surface area contributed by atoms with Crippen molar-refractivity contribution in [3.05, 3.63) is 66.7 Å². The van der Waals surface area contributed by atoms with E-state index >= 15 is 0 Å². The van der Waals surface area contributed by atoms with Crippen molar-refractivity contribution in [2.45, 2.75) is 12.5 Å². The molecule has 146 valence electrons. The maximum Gasteiger partial charge on any atom is 0.287 e. The zero-order chi connectivity index (χ0) is 20.4. The summed E-state index contributed by atoms with van der Waals surface area (Å²) in [5, 5.41) is 2.57. The summed E-state index contributed by atoms with van der Waals surface area (Å²) in [5.41, 5.74) is 7.24. The quantitative estimate of drug-likeness (QED) is 0.395. The molecule has 10 heteroatoms. The maximum absolute atomic E-state index is 12.8. The third-order valence-corrected chi connectivity index (χ3v) is 4.41. The maximum atomic E-state index is 12.8. The van der Waals surface area contributed by atoms with Gasteiger partial charge in [-0.1, -0.05) is 6.07 Å². The number of amides is 2. The fraction of sp³-hybridized carbons (Fsp3) is 0.105. The minimum Gasteiger partial charge on any atom is -0.462 e. The van der Waals surface area contributed by atoms with E-state index in [1.165, 1.54) is 23.4 Å². The van der Waals surface area contributed by atoms with E-state index in [-0.39, 0.29) is 12.1 Å². The SMILES string of the molecule is NC(=O)C(=O)C(Cc1c[nH]c2ccoc12)NC(=O)c1cncn1-c1ccccn1. The van der Waals surface area contributed by atoms with Crippen molar-refractivity contribution in [1.82, 2.24) is 24.8 Å². The van der Waals surface area contributed by atoms with Gasteiger partial charge in [-0.2, -0.15) is 0 Å².